The number of unbranched alkanes of at least 4 members (excludes halogenated alkanes) is 23. The maximum atomic E-state index is 2.75. The molecule has 0 aliphatic heterocycles. The fourth-order valence-corrected chi connectivity index (χ4v) is 7.87. The molecule has 0 spiro atoms. The minimum absolute atomic E-state index is 0.515. The zero-order valence-corrected chi connectivity index (χ0v) is 33.3. The van der Waals surface area contributed by atoms with Gasteiger partial charge in [-0.3, -0.25) is 0 Å². The lowest BCUT2D eigenvalue weighted by atomic mass is 9.96. The third kappa shape index (κ3) is 18.2. The zero-order chi connectivity index (χ0) is 35.3. The van der Waals surface area contributed by atoms with Crippen LogP contribution in [0.2, 0.25) is 0 Å². The quantitative estimate of drug-likeness (QED) is 0.0457. The summed E-state index contributed by atoms with van der Waals surface area (Å²) in [5, 5.41) is 0. The Hall–Kier alpha value is -2.35. The molecule has 50 heavy (non-hydrogen) atoms. The van der Waals surface area contributed by atoms with Crippen molar-refractivity contribution in [2.24, 2.45) is 0 Å². The van der Waals surface area contributed by atoms with Crippen LogP contribution >= 0.6 is 0 Å². The minimum Gasteiger partial charge on any atom is -0.234 e. The van der Waals surface area contributed by atoms with Crippen LogP contribution in [-0.4, -0.2) is 4.57 Å². The smallest absolute Gasteiger partial charge is 0.234 e. The summed E-state index contributed by atoms with van der Waals surface area (Å²) < 4.78 is 5.41. The van der Waals surface area contributed by atoms with Crippen LogP contribution in [0.4, 0.5) is 0 Å². The van der Waals surface area contributed by atoms with Crippen molar-refractivity contribution in [3.63, 3.8) is 0 Å². The molecule has 0 aliphatic carbocycles. The molecule has 3 aromatic rings. The number of hydrogen-bond donors (Lipinski definition) is 0. The van der Waals surface area contributed by atoms with Gasteiger partial charge in [0, 0.05) is 6.42 Å². The lowest BCUT2D eigenvalue weighted by Gasteiger charge is -2.12. The number of imidazole rings is 1. The summed E-state index contributed by atoms with van der Waals surface area (Å²) in [4.78, 5) is 0. The Bertz CT molecular complexity index is 1180. The summed E-state index contributed by atoms with van der Waals surface area (Å²) >= 11 is 0. The summed E-state index contributed by atoms with van der Waals surface area (Å²) in [7, 11) is 0. The summed E-state index contributed by atoms with van der Waals surface area (Å²) in [5.41, 5.74) is 4.42. The van der Waals surface area contributed by atoms with E-state index in [0.29, 0.717) is 5.92 Å². The molecule has 0 N–H and O–H groups in total. The number of hydrogen-bond acceptors (Lipinski definition) is 0. The molecule has 2 aromatic carbocycles. The highest BCUT2D eigenvalue weighted by molar-refractivity contribution is 5.21. The minimum atomic E-state index is 0.515. The van der Waals surface area contributed by atoms with Crippen molar-refractivity contribution < 1.29 is 4.57 Å². The van der Waals surface area contributed by atoms with Crippen LogP contribution in [-0.2, 0) is 25.9 Å². The van der Waals surface area contributed by atoms with Gasteiger partial charge in [0.05, 0.1) is 19.5 Å². The number of aromatic nitrogens is 2. The highest BCUT2D eigenvalue weighted by Gasteiger charge is 2.25. The normalized spacial score (nSPS) is 12.1. The van der Waals surface area contributed by atoms with Crippen LogP contribution in [0.5, 0.6) is 0 Å². The van der Waals surface area contributed by atoms with Crippen molar-refractivity contribution in [1.82, 2.24) is 4.57 Å². The van der Waals surface area contributed by atoms with Crippen LogP contribution in [0.15, 0.2) is 66.9 Å². The molecule has 0 amide bonds. The summed E-state index contributed by atoms with van der Waals surface area (Å²) in [6, 6.07) is 22.4. The van der Waals surface area contributed by atoms with E-state index in [2.05, 4.69) is 96.8 Å². The highest BCUT2D eigenvalue weighted by atomic mass is 15.2. The van der Waals surface area contributed by atoms with E-state index in [1.165, 1.54) is 183 Å². The zero-order valence-electron chi connectivity index (χ0n) is 33.3. The first-order valence-electron chi connectivity index (χ1n) is 21.9. The Labute approximate surface area is 310 Å². The third-order valence-corrected chi connectivity index (χ3v) is 11.1. The van der Waals surface area contributed by atoms with Gasteiger partial charge in [-0.1, -0.05) is 216 Å². The average molecular weight is 684 g/mol. The predicted molar refractivity (Wildman–Crippen MR) is 219 cm³/mol. The molecule has 2 nitrogen and oxygen atoms in total. The average Bonchev–Trinajstić information content (AvgIpc) is 3.45. The van der Waals surface area contributed by atoms with E-state index in [4.69, 9.17) is 0 Å². The van der Waals surface area contributed by atoms with E-state index in [-0.39, 0.29) is 0 Å². The second-order valence-corrected chi connectivity index (χ2v) is 15.7. The van der Waals surface area contributed by atoms with Gasteiger partial charge in [-0.15, -0.1) is 0 Å². The second-order valence-electron chi connectivity index (χ2n) is 15.7. The fraction of sp³-hybridized carbons (Fsp3) is 0.688. The first-order valence-corrected chi connectivity index (χ1v) is 21.9. The Morgan fingerprint density at radius 2 is 0.920 bits per heavy atom. The van der Waals surface area contributed by atoms with Gasteiger partial charge in [0.15, 0.2) is 0 Å². The Morgan fingerprint density at radius 1 is 0.500 bits per heavy atom. The molecule has 0 bridgehead atoms. The van der Waals surface area contributed by atoms with E-state index in [1.807, 2.05) is 0 Å². The van der Waals surface area contributed by atoms with Crippen molar-refractivity contribution >= 4 is 0 Å². The van der Waals surface area contributed by atoms with E-state index >= 15 is 0 Å². The largest absolute Gasteiger partial charge is 0.261 e. The van der Waals surface area contributed by atoms with E-state index in [9.17, 15) is 0 Å². The SMILES string of the molecule is CCCCCCCCCCCCCCCCCC[n+]1c(CC(C)c2ccccc2)cn(CCCCCCCCCCC)c1Cc1ccccc1. The molecule has 0 saturated carbocycles. The molecule has 1 heterocycles. The lowest BCUT2D eigenvalue weighted by molar-refractivity contribution is -0.710. The fourth-order valence-electron chi connectivity index (χ4n) is 7.87. The van der Waals surface area contributed by atoms with Crippen LogP contribution in [0.1, 0.15) is 210 Å². The first-order chi connectivity index (χ1) is 24.7. The predicted octanol–water partition coefficient (Wildman–Crippen LogP) is 14.5. The Kier molecular flexibility index (Phi) is 23.8. The van der Waals surface area contributed by atoms with E-state index < -0.39 is 0 Å². The molecule has 1 unspecified atom stereocenters. The summed E-state index contributed by atoms with van der Waals surface area (Å²) in [6.07, 6.45) is 39.9. The summed E-state index contributed by atoms with van der Waals surface area (Å²) in [6.45, 7) is 9.34. The van der Waals surface area contributed by atoms with E-state index in [1.54, 1.807) is 0 Å². The molecule has 0 saturated heterocycles. The van der Waals surface area contributed by atoms with Crippen LogP contribution in [0.25, 0.3) is 0 Å². The van der Waals surface area contributed by atoms with Gasteiger partial charge in [-0.05, 0) is 42.7 Å². The van der Waals surface area contributed by atoms with Crippen LogP contribution < -0.4 is 4.57 Å². The Balaban J connectivity index is 1.52. The topological polar surface area (TPSA) is 8.81 Å². The third-order valence-electron chi connectivity index (χ3n) is 11.1. The number of rotatable bonds is 32. The van der Waals surface area contributed by atoms with Gasteiger partial charge >= 0.3 is 0 Å². The Morgan fingerprint density at radius 3 is 1.40 bits per heavy atom. The monoisotopic (exact) mass is 684 g/mol. The first kappa shape index (κ1) is 42.1. The highest BCUT2D eigenvalue weighted by Crippen LogP contribution is 2.22. The van der Waals surface area contributed by atoms with Gasteiger partial charge in [-0.25, -0.2) is 9.13 Å². The van der Waals surface area contributed by atoms with Gasteiger partial charge in [0.1, 0.15) is 11.9 Å². The van der Waals surface area contributed by atoms with Gasteiger partial charge < -0.3 is 0 Å². The molecular formula is C48H79N2+. The second kappa shape index (κ2) is 28.3. The van der Waals surface area contributed by atoms with Crippen molar-refractivity contribution in [3.05, 3.63) is 89.5 Å². The van der Waals surface area contributed by atoms with Gasteiger partial charge in [0.2, 0.25) is 0 Å². The van der Waals surface area contributed by atoms with Crippen LogP contribution in [0.3, 0.4) is 0 Å². The van der Waals surface area contributed by atoms with Gasteiger partial charge in [0.25, 0.3) is 5.82 Å². The standard InChI is InChI=1S/C48H79N2/c1-4-6-8-10-12-14-15-16-17-18-19-20-22-24-26-34-40-50-47(41-44(3)46-37-31-28-32-38-46)43-49(48(50)42-45-35-29-27-30-36-45)39-33-25-23-21-13-11-9-7-5-2/h27-32,35-38,43-44H,4-26,33-34,39-42H2,1-3H3/q+1. The molecular weight excluding hydrogens is 605 g/mol. The molecule has 1 atom stereocenters. The van der Waals surface area contributed by atoms with Crippen molar-refractivity contribution in [1.29, 1.82) is 0 Å². The molecule has 0 aliphatic rings. The molecule has 280 valence electrons. The molecule has 1 aromatic heterocycles. The van der Waals surface area contributed by atoms with Gasteiger partial charge in [-0.2, -0.15) is 0 Å². The van der Waals surface area contributed by atoms with Crippen molar-refractivity contribution in [3.8, 4) is 0 Å². The molecule has 0 radical (unpaired) electrons. The van der Waals surface area contributed by atoms with Crippen molar-refractivity contribution in [2.45, 2.75) is 213 Å². The molecule has 2 heteroatoms. The maximum Gasteiger partial charge on any atom is 0.261 e. The number of nitrogens with zero attached hydrogens (tertiary/aromatic N) is 2. The van der Waals surface area contributed by atoms with Crippen LogP contribution in [0, 0.1) is 0 Å². The molecule has 0 fully saturated rings. The number of aryl methyl sites for hydroxylation is 1. The van der Waals surface area contributed by atoms with E-state index in [0.717, 1.165) is 25.9 Å². The lowest BCUT2D eigenvalue weighted by Crippen LogP contribution is -2.41. The summed E-state index contributed by atoms with van der Waals surface area (Å²) in [5.74, 6) is 2.04. The molecule has 3 rings (SSSR count). The maximum absolute atomic E-state index is 2.75. The number of benzene rings is 2. The van der Waals surface area contributed by atoms with Crippen molar-refractivity contribution in [2.75, 3.05) is 0 Å².